The van der Waals surface area contributed by atoms with Crippen molar-refractivity contribution >= 4 is 6.09 Å². The van der Waals surface area contributed by atoms with Gasteiger partial charge in [0.1, 0.15) is 5.60 Å². The molecule has 0 aromatic carbocycles. The van der Waals surface area contributed by atoms with Crippen LogP contribution in [-0.4, -0.2) is 50.2 Å². The Morgan fingerprint density at radius 3 is 2.55 bits per heavy atom. The standard InChI is InChI=1S/C15H27N5O2/c1-14(2,3)22-13(21)20-8-6-15(4,7-9-20)16-10-12-11-19(5)18-17-12/h11,16H,6-10H2,1-5H3. The molecule has 0 radical (unpaired) electrons. The fourth-order valence-electron chi connectivity index (χ4n) is 2.47. The molecule has 1 amide bonds. The van der Waals surface area contributed by atoms with Gasteiger partial charge in [-0.25, -0.2) is 4.79 Å². The molecule has 1 aliphatic heterocycles. The molecule has 1 aliphatic rings. The number of piperidine rings is 1. The lowest BCUT2D eigenvalue weighted by molar-refractivity contribution is 0.0156. The number of aryl methyl sites for hydroxylation is 1. The van der Waals surface area contributed by atoms with Crippen molar-refractivity contribution in [2.75, 3.05) is 13.1 Å². The van der Waals surface area contributed by atoms with Crippen LogP contribution in [0, 0.1) is 0 Å². The number of nitrogens with zero attached hydrogens (tertiary/aromatic N) is 4. The normalized spacial score (nSPS) is 18.3. The Hall–Kier alpha value is -1.63. The van der Waals surface area contributed by atoms with Gasteiger partial charge in [-0.15, -0.1) is 5.10 Å². The van der Waals surface area contributed by atoms with E-state index in [0.717, 1.165) is 18.5 Å². The van der Waals surface area contributed by atoms with Gasteiger partial charge in [0.15, 0.2) is 0 Å². The van der Waals surface area contributed by atoms with E-state index in [4.69, 9.17) is 4.74 Å². The number of carbonyl (C=O) groups is 1. The van der Waals surface area contributed by atoms with Gasteiger partial charge in [0.25, 0.3) is 0 Å². The van der Waals surface area contributed by atoms with Crippen LogP contribution in [0.4, 0.5) is 4.79 Å². The first kappa shape index (κ1) is 16.7. The summed E-state index contributed by atoms with van der Waals surface area (Å²) in [6.07, 6.45) is 3.48. The van der Waals surface area contributed by atoms with Gasteiger partial charge in [-0.2, -0.15) is 0 Å². The van der Waals surface area contributed by atoms with Crippen LogP contribution in [0.1, 0.15) is 46.2 Å². The van der Waals surface area contributed by atoms with Crippen molar-refractivity contribution in [1.82, 2.24) is 25.2 Å². The van der Waals surface area contributed by atoms with Crippen molar-refractivity contribution in [2.24, 2.45) is 7.05 Å². The van der Waals surface area contributed by atoms with Crippen LogP contribution in [0.3, 0.4) is 0 Å². The maximum atomic E-state index is 12.1. The summed E-state index contributed by atoms with van der Waals surface area (Å²) < 4.78 is 7.12. The summed E-state index contributed by atoms with van der Waals surface area (Å²) in [5.41, 5.74) is 0.497. The van der Waals surface area contributed by atoms with Gasteiger partial charge in [-0.1, -0.05) is 5.21 Å². The van der Waals surface area contributed by atoms with E-state index in [1.54, 1.807) is 9.58 Å². The van der Waals surface area contributed by atoms with E-state index >= 15 is 0 Å². The molecular formula is C15H27N5O2. The lowest BCUT2D eigenvalue weighted by atomic mass is 9.89. The number of nitrogens with one attached hydrogen (secondary N) is 1. The summed E-state index contributed by atoms with van der Waals surface area (Å²) in [5.74, 6) is 0. The largest absolute Gasteiger partial charge is 0.444 e. The second-order valence-electron chi connectivity index (χ2n) is 7.27. The highest BCUT2D eigenvalue weighted by molar-refractivity contribution is 5.68. The molecule has 1 aromatic heterocycles. The van der Waals surface area contributed by atoms with Gasteiger partial charge in [0, 0.05) is 38.4 Å². The molecule has 0 saturated carbocycles. The van der Waals surface area contributed by atoms with E-state index in [2.05, 4.69) is 22.6 Å². The lowest BCUT2D eigenvalue weighted by Crippen LogP contribution is -2.53. The Labute approximate surface area is 132 Å². The number of aromatic nitrogens is 3. The van der Waals surface area contributed by atoms with Crippen LogP contribution in [0.15, 0.2) is 6.20 Å². The molecule has 0 unspecified atom stereocenters. The van der Waals surface area contributed by atoms with Crippen LogP contribution in [-0.2, 0) is 18.3 Å². The van der Waals surface area contributed by atoms with E-state index in [9.17, 15) is 4.79 Å². The molecule has 0 atom stereocenters. The maximum Gasteiger partial charge on any atom is 0.410 e. The van der Waals surface area contributed by atoms with E-state index in [1.165, 1.54) is 0 Å². The molecule has 124 valence electrons. The fraction of sp³-hybridized carbons (Fsp3) is 0.800. The number of ether oxygens (including phenoxy) is 1. The minimum atomic E-state index is -0.442. The summed E-state index contributed by atoms with van der Waals surface area (Å²) >= 11 is 0. The number of carbonyl (C=O) groups excluding carboxylic acids is 1. The van der Waals surface area contributed by atoms with Crippen LogP contribution in [0.5, 0.6) is 0 Å². The van der Waals surface area contributed by atoms with Gasteiger partial charge < -0.3 is 15.0 Å². The number of hydrogen-bond donors (Lipinski definition) is 1. The second kappa shape index (κ2) is 6.24. The highest BCUT2D eigenvalue weighted by Crippen LogP contribution is 2.23. The first-order valence-corrected chi connectivity index (χ1v) is 7.75. The third-order valence-corrected chi connectivity index (χ3v) is 3.87. The topological polar surface area (TPSA) is 72.3 Å². The van der Waals surface area contributed by atoms with Crippen LogP contribution >= 0.6 is 0 Å². The van der Waals surface area contributed by atoms with Gasteiger partial charge >= 0.3 is 6.09 Å². The number of likely N-dealkylation sites (tertiary alicyclic amines) is 1. The van der Waals surface area contributed by atoms with Crippen molar-refractivity contribution in [3.8, 4) is 0 Å². The molecule has 7 heteroatoms. The van der Waals surface area contributed by atoms with Crippen molar-refractivity contribution in [1.29, 1.82) is 0 Å². The first-order chi connectivity index (χ1) is 10.2. The Morgan fingerprint density at radius 2 is 2.05 bits per heavy atom. The summed E-state index contributed by atoms with van der Waals surface area (Å²) in [6, 6.07) is 0. The minimum Gasteiger partial charge on any atom is -0.444 e. The van der Waals surface area contributed by atoms with Crippen LogP contribution in [0.2, 0.25) is 0 Å². The molecule has 1 saturated heterocycles. The van der Waals surface area contributed by atoms with Crippen molar-refractivity contribution in [3.05, 3.63) is 11.9 Å². The predicted molar refractivity (Wildman–Crippen MR) is 83.3 cm³/mol. The minimum absolute atomic E-state index is 0.00995. The van der Waals surface area contributed by atoms with Crippen molar-refractivity contribution in [3.63, 3.8) is 0 Å². The molecule has 1 N–H and O–H groups in total. The van der Waals surface area contributed by atoms with Gasteiger partial charge in [0.05, 0.1) is 5.69 Å². The molecular weight excluding hydrogens is 282 g/mol. The van der Waals surface area contributed by atoms with Gasteiger partial charge in [0.2, 0.25) is 0 Å². The Balaban J connectivity index is 1.81. The van der Waals surface area contributed by atoms with Gasteiger partial charge in [-0.3, -0.25) is 4.68 Å². The van der Waals surface area contributed by atoms with E-state index in [1.807, 2.05) is 34.0 Å². The first-order valence-electron chi connectivity index (χ1n) is 7.75. The molecule has 2 rings (SSSR count). The Morgan fingerprint density at radius 1 is 1.41 bits per heavy atom. The zero-order chi connectivity index (χ0) is 16.4. The third kappa shape index (κ3) is 4.69. The third-order valence-electron chi connectivity index (χ3n) is 3.87. The van der Waals surface area contributed by atoms with E-state index in [-0.39, 0.29) is 11.6 Å². The summed E-state index contributed by atoms with van der Waals surface area (Å²) in [5, 5.41) is 11.6. The van der Waals surface area contributed by atoms with Crippen LogP contribution in [0.25, 0.3) is 0 Å². The maximum absolute atomic E-state index is 12.1. The zero-order valence-electron chi connectivity index (χ0n) is 14.2. The average Bonchev–Trinajstić information content (AvgIpc) is 2.81. The van der Waals surface area contributed by atoms with Crippen molar-refractivity contribution in [2.45, 2.75) is 58.2 Å². The fourth-order valence-corrected chi connectivity index (χ4v) is 2.47. The monoisotopic (exact) mass is 309 g/mol. The van der Waals surface area contributed by atoms with E-state index in [0.29, 0.717) is 19.6 Å². The number of amides is 1. The smallest absolute Gasteiger partial charge is 0.410 e. The van der Waals surface area contributed by atoms with Crippen molar-refractivity contribution < 1.29 is 9.53 Å². The van der Waals surface area contributed by atoms with Gasteiger partial charge in [-0.05, 0) is 40.5 Å². The molecule has 1 fully saturated rings. The summed E-state index contributed by atoms with van der Waals surface area (Å²) in [4.78, 5) is 13.9. The molecule has 0 spiro atoms. The molecule has 0 bridgehead atoms. The Bertz CT molecular complexity index is 512. The highest BCUT2D eigenvalue weighted by Gasteiger charge is 2.33. The molecule has 2 heterocycles. The molecule has 22 heavy (non-hydrogen) atoms. The highest BCUT2D eigenvalue weighted by atomic mass is 16.6. The number of hydrogen-bond acceptors (Lipinski definition) is 5. The molecule has 0 aliphatic carbocycles. The SMILES string of the molecule is Cn1cc(CNC2(C)CCN(C(=O)OC(C)(C)C)CC2)nn1. The summed E-state index contributed by atoms with van der Waals surface area (Å²) in [7, 11) is 1.86. The average molecular weight is 309 g/mol. The van der Waals surface area contributed by atoms with E-state index < -0.39 is 5.60 Å². The van der Waals surface area contributed by atoms with Crippen LogP contribution < -0.4 is 5.32 Å². The predicted octanol–water partition coefficient (Wildman–Crippen LogP) is 1.69. The molecule has 1 aromatic rings. The number of rotatable bonds is 3. The quantitative estimate of drug-likeness (QED) is 0.920. The zero-order valence-corrected chi connectivity index (χ0v) is 14.2. The second-order valence-corrected chi connectivity index (χ2v) is 7.27. The Kier molecular flexibility index (Phi) is 4.75. The summed E-state index contributed by atoms with van der Waals surface area (Å²) in [6.45, 7) is 9.97. The molecule has 7 nitrogen and oxygen atoms in total. The lowest BCUT2D eigenvalue weighted by Gasteiger charge is -2.40.